The molecule has 12 heteroatoms. The highest BCUT2D eigenvalue weighted by molar-refractivity contribution is 7.89. The Morgan fingerprint density at radius 3 is 2.50 bits per heavy atom. The number of rotatable bonds is 5. The molecule has 2 fully saturated rings. The Bertz CT molecular complexity index is 1340. The summed E-state index contributed by atoms with van der Waals surface area (Å²) < 4.78 is 47.5. The van der Waals surface area contributed by atoms with E-state index in [0.29, 0.717) is 29.8 Å². The van der Waals surface area contributed by atoms with Crippen molar-refractivity contribution in [2.45, 2.75) is 49.1 Å². The minimum Gasteiger partial charge on any atom is -0.481 e. The molecule has 0 bridgehead atoms. The van der Waals surface area contributed by atoms with Crippen LogP contribution in [0.2, 0.25) is 0 Å². The van der Waals surface area contributed by atoms with Crippen LogP contribution in [0, 0.1) is 5.82 Å². The number of fused-ring (bicyclic) bond motifs is 1. The first-order valence-corrected chi connectivity index (χ1v) is 13.1. The molecule has 36 heavy (non-hydrogen) atoms. The van der Waals surface area contributed by atoms with Crippen LogP contribution in [0.4, 0.5) is 4.39 Å². The number of sulfonamides is 1. The smallest absolute Gasteiger partial charge is 0.255 e. The molecule has 3 aliphatic heterocycles. The highest BCUT2D eigenvalue weighted by atomic mass is 32.2. The Hall–Kier alpha value is -3.38. The van der Waals surface area contributed by atoms with Crippen LogP contribution in [0.15, 0.2) is 35.4 Å². The number of carbonyl (C=O) groups excluding carboxylic acids is 3. The van der Waals surface area contributed by atoms with Crippen molar-refractivity contribution in [3.05, 3.63) is 53.0 Å². The molecule has 0 aliphatic carbocycles. The molecule has 0 radical (unpaired) electrons. The van der Waals surface area contributed by atoms with Crippen molar-refractivity contribution in [1.82, 2.24) is 19.5 Å². The van der Waals surface area contributed by atoms with E-state index in [9.17, 15) is 22.8 Å². The molecule has 2 saturated heterocycles. The van der Waals surface area contributed by atoms with Crippen LogP contribution in [0.1, 0.15) is 53.1 Å². The second-order valence-electron chi connectivity index (χ2n) is 9.15. The average molecular weight is 517 g/mol. The van der Waals surface area contributed by atoms with Crippen molar-refractivity contribution in [2.24, 2.45) is 0 Å². The summed E-state index contributed by atoms with van der Waals surface area (Å²) in [7, 11) is -2.29. The van der Waals surface area contributed by atoms with Crippen LogP contribution in [0.25, 0.3) is 0 Å². The number of benzene rings is 1. The van der Waals surface area contributed by atoms with Crippen molar-refractivity contribution >= 4 is 27.7 Å². The monoisotopic (exact) mass is 516 g/mol. The number of hydrogen-bond acceptors (Lipinski definition) is 7. The van der Waals surface area contributed by atoms with E-state index in [4.69, 9.17) is 4.74 Å². The van der Waals surface area contributed by atoms with E-state index in [1.54, 1.807) is 6.07 Å². The molecule has 3 amide bonds. The van der Waals surface area contributed by atoms with Crippen LogP contribution in [0.3, 0.4) is 0 Å². The van der Waals surface area contributed by atoms with E-state index in [-0.39, 0.29) is 54.8 Å². The lowest BCUT2D eigenvalue weighted by Gasteiger charge is -2.31. The lowest BCUT2D eigenvalue weighted by atomic mass is 9.88. The van der Waals surface area contributed by atoms with E-state index in [2.05, 4.69) is 10.3 Å². The van der Waals surface area contributed by atoms with Crippen molar-refractivity contribution < 1.29 is 31.9 Å². The predicted octanol–water partition coefficient (Wildman–Crippen LogP) is 1.56. The summed E-state index contributed by atoms with van der Waals surface area (Å²) in [6, 6.07) is 5.04. The first-order valence-electron chi connectivity index (χ1n) is 11.7. The highest BCUT2D eigenvalue weighted by Gasteiger charge is 2.40. The minimum absolute atomic E-state index is 0.0671. The number of hydrogen-bond donors (Lipinski definition) is 1. The number of nitrogens with zero attached hydrogens (tertiary/aromatic N) is 3. The number of halogens is 1. The third-order valence-corrected chi connectivity index (χ3v) is 8.97. The number of aromatic nitrogens is 1. The number of pyridine rings is 1. The Labute approximate surface area is 207 Å². The zero-order chi connectivity index (χ0) is 25.6. The van der Waals surface area contributed by atoms with Gasteiger partial charge in [-0.2, -0.15) is 4.31 Å². The van der Waals surface area contributed by atoms with Gasteiger partial charge in [0.2, 0.25) is 27.7 Å². The van der Waals surface area contributed by atoms with Crippen molar-refractivity contribution in [1.29, 1.82) is 0 Å². The number of imide groups is 1. The van der Waals surface area contributed by atoms with Gasteiger partial charge in [-0.05, 0) is 48.4 Å². The highest BCUT2D eigenvalue weighted by Crippen LogP contribution is 2.36. The minimum atomic E-state index is -3.74. The van der Waals surface area contributed by atoms with Crippen LogP contribution in [0.5, 0.6) is 5.88 Å². The molecule has 190 valence electrons. The van der Waals surface area contributed by atoms with Crippen LogP contribution < -0.4 is 10.1 Å². The topological polar surface area (TPSA) is 126 Å². The molecular weight excluding hydrogens is 491 g/mol. The SMILES string of the molecule is COc1ccc(S(=O)(=O)N2CCC(c3cc4c(cc3F)C(=O)N(C3CCC(=O)NC3=O)C4)CC2)cn1. The summed E-state index contributed by atoms with van der Waals surface area (Å²) in [5.41, 5.74) is 1.28. The summed E-state index contributed by atoms with van der Waals surface area (Å²) in [5.74, 6) is -1.74. The molecule has 1 aromatic heterocycles. The van der Waals surface area contributed by atoms with E-state index >= 15 is 4.39 Å². The maximum Gasteiger partial charge on any atom is 0.255 e. The lowest BCUT2D eigenvalue weighted by molar-refractivity contribution is -0.136. The fourth-order valence-corrected chi connectivity index (χ4v) is 6.53. The van der Waals surface area contributed by atoms with Gasteiger partial charge in [-0.1, -0.05) is 6.07 Å². The molecule has 3 aliphatic rings. The average Bonchev–Trinajstić information content (AvgIpc) is 3.18. The summed E-state index contributed by atoms with van der Waals surface area (Å²) in [6.07, 6.45) is 2.47. The predicted molar refractivity (Wildman–Crippen MR) is 124 cm³/mol. The Kier molecular flexibility index (Phi) is 6.25. The normalized spacial score (nSPS) is 21.4. The van der Waals surface area contributed by atoms with Gasteiger partial charge in [-0.15, -0.1) is 0 Å². The number of methoxy groups -OCH3 is 1. The van der Waals surface area contributed by atoms with E-state index in [1.807, 2.05) is 0 Å². The molecule has 2 aromatic rings. The third kappa shape index (κ3) is 4.24. The summed E-state index contributed by atoms with van der Waals surface area (Å²) in [4.78, 5) is 42.0. The molecule has 1 aromatic carbocycles. The second kappa shape index (κ2) is 9.25. The Morgan fingerprint density at radius 2 is 1.86 bits per heavy atom. The second-order valence-corrected chi connectivity index (χ2v) is 11.1. The van der Waals surface area contributed by atoms with E-state index < -0.39 is 33.7 Å². The number of ether oxygens (including phenoxy) is 1. The van der Waals surface area contributed by atoms with Gasteiger partial charge in [0.05, 0.1) is 13.3 Å². The van der Waals surface area contributed by atoms with Crippen molar-refractivity contribution in [3.63, 3.8) is 0 Å². The number of nitrogens with one attached hydrogen (secondary N) is 1. The van der Waals surface area contributed by atoms with Crippen molar-refractivity contribution in [2.75, 3.05) is 20.2 Å². The standard InChI is InChI=1S/C24H25FN4O6S/c1-35-22-5-2-16(12-26-22)36(33,34)28-8-6-14(7-9-28)17-10-15-13-29(24(32)18(15)11-19(17)25)20-3-4-21(30)27-23(20)31/h2,5,10-12,14,20H,3-4,6-9,13H2,1H3,(H,27,30,31). The summed E-state index contributed by atoms with van der Waals surface area (Å²) in [5, 5.41) is 2.25. The molecule has 10 nitrogen and oxygen atoms in total. The molecule has 1 unspecified atom stereocenters. The first kappa shape index (κ1) is 24.3. The van der Waals surface area contributed by atoms with Crippen LogP contribution >= 0.6 is 0 Å². The maximum atomic E-state index is 15.1. The van der Waals surface area contributed by atoms with Gasteiger partial charge in [0.1, 0.15) is 16.8 Å². The molecule has 5 rings (SSSR count). The van der Waals surface area contributed by atoms with Gasteiger partial charge in [-0.25, -0.2) is 17.8 Å². The molecular formula is C24H25FN4O6S. The molecule has 4 heterocycles. The van der Waals surface area contributed by atoms with Crippen LogP contribution in [-0.2, 0) is 26.2 Å². The molecule has 1 N–H and O–H groups in total. The lowest BCUT2D eigenvalue weighted by Crippen LogP contribution is -2.52. The van der Waals surface area contributed by atoms with E-state index in [0.717, 1.165) is 0 Å². The molecule has 1 atom stereocenters. The van der Waals surface area contributed by atoms with Gasteiger partial charge in [0.15, 0.2) is 0 Å². The number of amides is 3. The third-order valence-electron chi connectivity index (χ3n) is 7.09. The van der Waals surface area contributed by atoms with Gasteiger partial charge >= 0.3 is 0 Å². The Balaban J connectivity index is 1.30. The number of carbonyl (C=O) groups is 3. The van der Waals surface area contributed by atoms with Gasteiger partial charge < -0.3 is 9.64 Å². The fraction of sp³-hybridized carbons (Fsp3) is 0.417. The first-order chi connectivity index (χ1) is 17.2. The zero-order valence-electron chi connectivity index (χ0n) is 19.6. The van der Waals surface area contributed by atoms with Crippen LogP contribution in [-0.4, -0.2) is 66.6 Å². The van der Waals surface area contributed by atoms with Gasteiger partial charge in [0, 0.05) is 37.7 Å². The number of piperidine rings is 2. The fourth-order valence-electron chi connectivity index (χ4n) is 5.12. The maximum absolute atomic E-state index is 15.1. The summed E-state index contributed by atoms with van der Waals surface area (Å²) in [6.45, 7) is 0.596. The molecule has 0 spiro atoms. The van der Waals surface area contributed by atoms with Gasteiger partial charge in [0.25, 0.3) is 5.91 Å². The largest absolute Gasteiger partial charge is 0.481 e. The van der Waals surface area contributed by atoms with E-state index in [1.165, 1.54) is 40.7 Å². The molecule has 0 saturated carbocycles. The Morgan fingerprint density at radius 1 is 1.11 bits per heavy atom. The van der Waals surface area contributed by atoms with Crippen molar-refractivity contribution in [3.8, 4) is 5.88 Å². The summed E-state index contributed by atoms with van der Waals surface area (Å²) >= 11 is 0. The quantitative estimate of drug-likeness (QED) is 0.598. The zero-order valence-corrected chi connectivity index (χ0v) is 20.4. The van der Waals surface area contributed by atoms with Gasteiger partial charge in [-0.3, -0.25) is 19.7 Å².